The Balaban J connectivity index is 2.63. The fraction of sp³-hybridized carbons (Fsp3) is 0.250. The number of carbonyl (C=O) groups is 1. The van der Waals surface area contributed by atoms with Gasteiger partial charge >= 0.3 is 0 Å². The molecule has 0 fully saturated rings. The summed E-state index contributed by atoms with van der Waals surface area (Å²) in [6, 6.07) is 3.05. The topological polar surface area (TPSA) is 102 Å². The molecule has 0 aliphatic heterocycles. The molecule has 0 spiro atoms. The van der Waals surface area contributed by atoms with Crippen molar-refractivity contribution in [2.75, 3.05) is 23.1 Å². The van der Waals surface area contributed by atoms with Gasteiger partial charge in [-0.15, -0.1) is 0 Å². The van der Waals surface area contributed by atoms with E-state index in [2.05, 4.69) is 10.3 Å². The van der Waals surface area contributed by atoms with Gasteiger partial charge in [-0.2, -0.15) is 0 Å². The second-order valence-electron chi connectivity index (χ2n) is 3.10. The number of rotatable bonds is 3. The second kappa shape index (κ2) is 4.26. The zero-order valence-electron chi connectivity index (χ0n) is 8.10. The van der Waals surface area contributed by atoms with Crippen LogP contribution in [0.2, 0.25) is 0 Å². The van der Waals surface area contributed by atoms with Crippen LogP contribution >= 0.6 is 0 Å². The number of nitrogens with two attached hydrogens (primary N) is 1. The number of carbonyl (C=O) groups excluding carboxylic acids is 1. The lowest BCUT2D eigenvalue weighted by Gasteiger charge is -2.02. The van der Waals surface area contributed by atoms with E-state index in [0.717, 1.165) is 6.26 Å². The van der Waals surface area contributed by atoms with Crippen molar-refractivity contribution in [2.45, 2.75) is 0 Å². The fourth-order valence-electron chi connectivity index (χ4n) is 0.896. The molecule has 82 valence electrons. The van der Waals surface area contributed by atoms with Gasteiger partial charge in [0.1, 0.15) is 11.6 Å². The molecule has 1 rings (SSSR count). The minimum atomic E-state index is -3.32. The molecule has 1 heterocycles. The van der Waals surface area contributed by atoms with Crippen LogP contribution in [0.25, 0.3) is 0 Å². The van der Waals surface area contributed by atoms with Crippen molar-refractivity contribution in [3.63, 3.8) is 0 Å². The van der Waals surface area contributed by atoms with E-state index in [4.69, 9.17) is 5.73 Å². The smallest absolute Gasteiger partial charge is 0.240 e. The molecule has 1 amide bonds. The highest BCUT2D eigenvalue weighted by Crippen LogP contribution is 2.05. The van der Waals surface area contributed by atoms with E-state index in [1.807, 2.05) is 0 Å². The monoisotopic (exact) mass is 229 g/mol. The number of aromatic nitrogens is 1. The van der Waals surface area contributed by atoms with E-state index in [-0.39, 0.29) is 5.82 Å². The summed E-state index contributed by atoms with van der Waals surface area (Å²) in [4.78, 5) is 14.9. The predicted molar refractivity (Wildman–Crippen MR) is 57.0 cm³/mol. The van der Waals surface area contributed by atoms with Crippen molar-refractivity contribution in [1.82, 2.24) is 4.98 Å². The number of hydrogen-bond acceptors (Lipinski definition) is 5. The number of anilines is 2. The summed E-state index contributed by atoms with van der Waals surface area (Å²) in [5.41, 5.74) is 5.86. The minimum Gasteiger partial charge on any atom is -0.397 e. The number of nitrogens with zero attached hydrogens (tertiary/aromatic N) is 1. The first-order valence-corrected chi connectivity index (χ1v) is 6.12. The van der Waals surface area contributed by atoms with Gasteiger partial charge in [0.25, 0.3) is 0 Å². The Kier molecular flexibility index (Phi) is 3.25. The largest absolute Gasteiger partial charge is 0.397 e. The van der Waals surface area contributed by atoms with E-state index in [1.165, 1.54) is 12.3 Å². The highest BCUT2D eigenvalue weighted by atomic mass is 32.2. The first-order chi connectivity index (χ1) is 6.87. The van der Waals surface area contributed by atoms with Gasteiger partial charge in [-0.05, 0) is 12.1 Å². The van der Waals surface area contributed by atoms with Crippen LogP contribution in [0, 0.1) is 0 Å². The molecule has 0 saturated heterocycles. The standard InChI is InChI=1S/C8H11N3O3S/c1-15(13,14)5-8(12)11-7-3-2-6(9)4-10-7/h2-4H,5,9H2,1H3,(H,10,11,12). The average Bonchev–Trinajstić information content (AvgIpc) is 2.05. The first-order valence-electron chi connectivity index (χ1n) is 4.06. The Morgan fingerprint density at radius 1 is 1.53 bits per heavy atom. The molecule has 15 heavy (non-hydrogen) atoms. The summed E-state index contributed by atoms with van der Waals surface area (Å²) in [6.45, 7) is 0. The molecule has 7 heteroatoms. The van der Waals surface area contributed by atoms with Gasteiger partial charge in [0, 0.05) is 6.26 Å². The van der Waals surface area contributed by atoms with E-state index in [9.17, 15) is 13.2 Å². The molecule has 0 aliphatic carbocycles. The molecule has 1 aromatic rings. The third-order valence-electron chi connectivity index (χ3n) is 1.45. The van der Waals surface area contributed by atoms with Gasteiger partial charge in [-0.25, -0.2) is 13.4 Å². The number of sulfone groups is 1. The summed E-state index contributed by atoms with van der Waals surface area (Å²) in [6.07, 6.45) is 2.36. The highest BCUT2D eigenvalue weighted by Gasteiger charge is 2.10. The van der Waals surface area contributed by atoms with Crippen LogP contribution in [-0.4, -0.2) is 31.3 Å². The zero-order valence-corrected chi connectivity index (χ0v) is 8.91. The van der Waals surface area contributed by atoms with Crippen LogP contribution in [0.4, 0.5) is 11.5 Å². The van der Waals surface area contributed by atoms with Crippen LogP contribution in [0.1, 0.15) is 0 Å². The molecule has 0 unspecified atom stereocenters. The Labute approximate surface area is 87.4 Å². The van der Waals surface area contributed by atoms with Gasteiger partial charge in [-0.3, -0.25) is 4.79 Å². The molecule has 0 radical (unpaired) electrons. The van der Waals surface area contributed by atoms with Crippen LogP contribution in [-0.2, 0) is 14.6 Å². The third kappa shape index (κ3) is 4.41. The van der Waals surface area contributed by atoms with Gasteiger partial charge in [-0.1, -0.05) is 0 Å². The summed E-state index contributed by atoms with van der Waals surface area (Å²) >= 11 is 0. The minimum absolute atomic E-state index is 0.276. The average molecular weight is 229 g/mol. The molecule has 0 bridgehead atoms. The normalized spacial score (nSPS) is 11.0. The maximum absolute atomic E-state index is 11.2. The SMILES string of the molecule is CS(=O)(=O)CC(=O)Nc1ccc(N)cn1. The van der Waals surface area contributed by atoms with E-state index < -0.39 is 21.5 Å². The third-order valence-corrected chi connectivity index (χ3v) is 2.23. The summed E-state index contributed by atoms with van der Waals surface area (Å²) in [5, 5.41) is 2.34. The first kappa shape index (κ1) is 11.4. The van der Waals surface area contributed by atoms with Crippen molar-refractivity contribution in [1.29, 1.82) is 0 Å². The van der Waals surface area contributed by atoms with Crippen LogP contribution in [0.5, 0.6) is 0 Å². The maximum Gasteiger partial charge on any atom is 0.240 e. The Morgan fingerprint density at radius 2 is 2.20 bits per heavy atom. The van der Waals surface area contributed by atoms with E-state index >= 15 is 0 Å². The Hall–Kier alpha value is -1.63. The van der Waals surface area contributed by atoms with Crippen molar-refractivity contribution in [3.05, 3.63) is 18.3 Å². The highest BCUT2D eigenvalue weighted by molar-refractivity contribution is 7.91. The fourth-order valence-corrected chi connectivity index (χ4v) is 1.44. The molecule has 1 aromatic heterocycles. The van der Waals surface area contributed by atoms with Crippen molar-refractivity contribution >= 4 is 27.2 Å². The number of nitrogen functional groups attached to an aromatic ring is 1. The van der Waals surface area contributed by atoms with Crippen molar-refractivity contribution in [2.24, 2.45) is 0 Å². The maximum atomic E-state index is 11.2. The van der Waals surface area contributed by atoms with E-state index in [0.29, 0.717) is 5.69 Å². The van der Waals surface area contributed by atoms with Crippen LogP contribution < -0.4 is 11.1 Å². The van der Waals surface area contributed by atoms with Gasteiger partial charge in [0.2, 0.25) is 5.91 Å². The molecule has 0 atom stereocenters. The molecular formula is C8H11N3O3S. The lowest BCUT2D eigenvalue weighted by molar-refractivity contribution is -0.113. The number of nitrogens with one attached hydrogen (secondary N) is 1. The second-order valence-corrected chi connectivity index (χ2v) is 5.24. The predicted octanol–water partition coefficient (Wildman–Crippen LogP) is -0.353. The number of hydrogen-bond donors (Lipinski definition) is 2. The summed E-state index contributed by atoms with van der Waals surface area (Å²) < 4.78 is 21.6. The Morgan fingerprint density at radius 3 is 2.67 bits per heavy atom. The number of pyridine rings is 1. The van der Waals surface area contributed by atoms with Crippen molar-refractivity contribution in [3.8, 4) is 0 Å². The van der Waals surface area contributed by atoms with Gasteiger partial charge < -0.3 is 11.1 Å². The van der Waals surface area contributed by atoms with Crippen LogP contribution in [0.3, 0.4) is 0 Å². The lowest BCUT2D eigenvalue weighted by atomic mass is 10.4. The molecule has 6 nitrogen and oxygen atoms in total. The summed E-state index contributed by atoms with van der Waals surface area (Å²) in [5.74, 6) is -0.897. The molecule has 0 saturated carbocycles. The van der Waals surface area contributed by atoms with Crippen LogP contribution in [0.15, 0.2) is 18.3 Å². The molecule has 0 aromatic carbocycles. The van der Waals surface area contributed by atoms with Gasteiger partial charge in [0.05, 0.1) is 11.9 Å². The zero-order chi connectivity index (χ0) is 11.5. The van der Waals surface area contributed by atoms with Crippen molar-refractivity contribution < 1.29 is 13.2 Å². The lowest BCUT2D eigenvalue weighted by Crippen LogP contribution is -2.22. The quantitative estimate of drug-likeness (QED) is 0.737. The molecule has 3 N–H and O–H groups in total. The summed E-state index contributed by atoms with van der Waals surface area (Å²) in [7, 11) is -3.32. The van der Waals surface area contributed by atoms with Gasteiger partial charge in [0.15, 0.2) is 9.84 Å². The van der Waals surface area contributed by atoms with E-state index in [1.54, 1.807) is 6.07 Å². The molecule has 0 aliphatic rings. The molecular weight excluding hydrogens is 218 g/mol. The number of amides is 1. The Bertz CT molecular complexity index is 453.